The van der Waals surface area contributed by atoms with Crippen LogP contribution in [-0.4, -0.2) is 45.2 Å². The number of ether oxygens (including phenoxy) is 1. The largest absolute Gasteiger partial charge is 0.463 e. The molecule has 0 saturated heterocycles. The van der Waals surface area contributed by atoms with Gasteiger partial charge in [-0.2, -0.15) is 0 Å². The summed E-state index contributed by atoms with van der Waals surface area (Å²) in [5, 5.41) is 15.0. The number of aryl methyl sites for hydroxylation is 1. The highest BCUT2D eigenvalue weighted by Crippen LogP contribution is 2.33. The molecule has 3 rings (SSSR count). The second kappa shape index (κ2) is 9.45. The summed E-state index contributed by atoms with van der Waals surface area (Å²) >= 11 is 1.50. The van der Waals surface area contributed by atoms with Crippen LogP contribution in [0.25, 0.3) is 0 Å². The van der Waals surface area contributed by atoms with Crippen LogP contribution in [0.4, 0.5) is 4.79 Å². The highest BCUT2D eigenvalue weighted by Gasteiger charge is 2.32. The van der Waals surface area contributed by atoms with E-state index in [1.807, 2.05) is 13.8 Å². The van der Waals surface area contributed by atoms with Crippen molar-refractivity contribution >= 4 is 23.8 Å². The molecule has 1 aliphatic carbocycles. The van der Waals surface area contributed by atoms with Crippen LogP contribution in [0.1, 0.15) is 64.2 Å². The first-order valence-corrected chi connectivity index (χ1v) is 11.1. The fourth-order valence-corrected chi connectivity index (χ4v) is 4.94. The Morgan fingerprint density at radius 2 is 2.00 bits per heavy atom. The minimum atomic E-state index is -0.387. The summed E-state index contributed by atoms with van der Waals surface area (Å²) in [5.41, 5.74) is 1.09. The van der Waals surface area contributed by atoms with Crippen LogP contribution < -0.4 is 10.6 Å². The average molecular weight is 408 g/mol. The molecule has 0 aromatic carbocycles. The van der Waals surface area contributed by atoms with E-state index >= 15 is 0 Å². The Morgan fingerprint density at radius 3 is 2.68 bits per heavy atom. The first-order valence-electron chi connectivity index (χ1n) is 10.1. The normalized spacial score (nSPS) is 20.7. The van der Waals surface area contributed by atoms with Gasteiger partial charge < -0.3 is 19.9 Å². The van der Waals surface area contributed by atoms with Crippen LogP contribution in [0.5, 0.6) is 0 Å². The SMILES string of the molecule is CCOC(=O)C1=C(CSc2nnc(C)n2C2CCCCC2)NC(=O)N[C@H]1CC. The van der Waals surface area contributed by atoms with E-state index in [-0.39, 0.29) is 18.0 Å². The number of hydrogen-bond donors (Lipinski definition) is 2. The molecule has 1 aliphatic heterocycles. The zero-order valence-electron chi connectivity index (χ0n) is 16.8. The first kappa shape index (κ1) is 20.7. The van der Waals surface area contributed by atoms with E-state index in [0.29, 0.717) is 36.1 Å². The number of rotatable bonds is 7. The van der Waals surface area contributed by atoms with Crippen molar-refractivity contribution in [2.75, 3.05) is 12.4 Å². The summed E-state index contributed by atoms with van der Waals surface area (Å²) in [4.78, 5) is 24.5. The molecule has 0 radical (unpaired) electrons. The van der Waals surface area contributed by atoms with Crippen molar-refractivity contribution in [2.24, 2.45) is 0 Å². The Morgan fingerprint density at radius 1 is 1.25 bits per heavy atom. The number of amides is 2. The van der Waals surface area contributed by atoms with E-state index in [1.165, 1.54) is 31.0 Å². The molecule has 1 aromatic heterocycles. The maximum absolute atomic E-state index is 12.5. The van der Waals surface area contributed by atoms with Crippen LogP contribution in [0.2, 0.25) is 0 Å². The highest BCUT2D eigenvalue weighted by molar-refractivity contribution is 7.99. The summed E-state index contributed by atoms with van der Waals surface area (Å²) < 4.78 is 7.44. The summed E-state index contributed by atoms with van der Waals surface area (Å²) in [6, 6.07) is -0.211. The lowest BCUT2D eigenvalue weighted by Gasteiger charge is -2.28. The van der Waals surface area contributed by atoms with E-state index in [9.17, 15) is 9.59 Å². The van der Waals surface area contributed by atoms with E-state index in [0.717, 1.165) is 23.8 Å². The van der Waals surface area contributed by atoms with Crippen LogP contribution in [0.15, 0.2) is 16.4 Å². The van der Waals surface area contributed by atoms with Crippen molar-refractivity contribution in [3.63, 3.8) is 0 Å². The number of nitrogens with zero attached hydrogens (tertiary/aromatic N) is 3. The van der Waals surface area contributed by atoms with Gasteiger partial charge in [0, 0.05) is 17.5 Å². The molecule has 2 aliphatic rings. The molecule has 0 unspecified atom stereocenters. The maximum Gasteiger partial charge on any atom is 0.337 e. The Balaban J connectivity index is 1.83. The van der Waals surface area contributed by atoms with Gasteiger partial charge in [-0.3, -0.25) is 0 Å². The average Bonchev–Trinajstić information content (AvgIpc) is 3.07. The number of carbonyl (C=O) groups excluding carboxylic acids is 2. The second-order valence-corrected chi connectivity index (χ2v) is 8.09. The fourth-order valence-electron chi connectivity index (χ4n) is 3.92. The van der Waals surface area contributed by atoms with E-state index in [4.69, 9.17) is 4.74 Å². The lowest BCUT2D eigenvalue weighted by atomic mass is 9.95. The van der Waals surface area contributed by atoms with E-state index < -0.39 is 0 Å². The molecular weight excluding hydrogens is 378 g/mol. The van der Waals surface area contributed by atoms with Crippen molar-refractivity contribution in [1.29, 1.82) is 0 Å². The predicted molar refractivity (Wildman–Crippen MR) is 107 cm³/mol. The third kappa shape index (κ3) is 4.51. The zero-order valence-corrected chi connectivity index (χ0v) is 17.6. The number of esters is 1. The van der Waals surface area contributed by atoms with Gasteiger partial charge in [-0.15, -0.1) is 10.2 Å². The Kier molecular flexibility index (Phi) is 6.98. The van der Waals surface area contributed by atoms with Crippen molar-refractivity contribution in [1.82, 2.24) is 25.4 Å². The molecule has 28 heavy (non-hydrogen) atoms. The maximum atomic E-state index is 12.5. The molecule has 0 bridgehead atoms. The molecule has 1 atom stereocenters. The van der Waals surface area contributed by atoms with Gasteiger partial charge in [0.05, 0.1) is 18.2 Å². The molecular formula is C19H29N5O3S. The van der Waals surface area contributed by atoms with Gasteiger partial charge in [0.1, 0.15) is 5.82 Å². The molecule has 0 spiro atoms. The van der Waals surface area contributed by atoms with Crippen molar-refractivity contribution in [3.8, 4) is 0 Å². The van der Waals surface area contributed by atoms with Gasteiger partial charge in [-0.05, 0) is 33.1 Å². The monoisotopic (exact) mass is 407 g/mol. The van der Waals surface area contributed by atoms with Gasteiger partial charge in [0.15, 0.2) is 5.16 Å². The predicted octanol–water partition coefficient (Wildman–Crippen LogP) is 3.09. The van der Waals surface area contributed by atoms with Gasteiger partial charge in [-0.1, -0.05) is 37.9 Å². The Hall–Kier alpha value is -2.03. The first-order chi connectivity index (χ1) is 13.5. The van der Waals surface area contributed by atoms with Crippen LogP contribution >= 0.6 is 11.8 Å². The van der Waals surface area contributed by atoms with E-state index in [1.54, 1.807) is 6.92 Å². The van der Waals surface area contributed by atoms with Crippen molar-refractivity contribution in [2.45, 2.75) is 76.5 Å². The number of hydrogen-bond acceptors (Lipinski definition) is 6. The third-order valence-corrected chi connectivity index (χ3v) is 6.24. The minimum absolute atomic E-state index is 0.291. The number of aromatic nitrogens is 3. The van der Waals surface area contributed by atoms with Gasteiger partial charge >= 0.3 is 12.0 Å². The molecule has 2 amide bonds. The smallest absolute Gasteiger partial charge is 0.337 e. The molecule has 1 aromatic rings. The quantitative estimate of drug-likeness (QED) is 0.532. The van der Waals surface area contributed by atoms with Crippen LogP contribution in [0.3, 0.4) is 0 Å². The summed E-state index contributed by atoms with van der Waals surface area (Å²) in [5.74, 6) is 0.959. The summed E-state index contributed by atoms with van der Waals surface area (Å²) in [6.07, 6.45) is 6.64. The van der Waals surface area contributed by atoms with Crippen molar-refractivity contribution < 1.29 is 14.3 Å². The molecule has 9 heteroatoms. The van der Waals surface area contributed by atoms with Gasteiger partial charge in [0.2, 0.25) is 0 Å². The standard InChI is InChI=1S/C19H29N5O3S/c1-4-14-16(17(25)27-5-2)15(21-18(26)20-14)11-28-19-23-22-12(3)24(19)13-9-7-6-8-10-13/h13-14H,4-11H2,1-3H3,(H2,20,21,26)/t14-/m0/s1. The lowest BCUT2D eigenvalue weighted by molar-refractivity contribution is -0.139. The minimum Gasteiger partial charge on any atom is -0.463 e. The highest BCUT2D eigenvalue weighted by atomic mass is 32.2. The molecule has 154 valence electrons. The number of nitrogens with one attached hydrogen (secondary N) is 2. The van der Waals surface area contributed by atoms with Crippen LogP contribution in [0, 0.1) is 6.92 Å². The summed E-state index contributed by atoms with van der Waals surface area (Å²) in [6.45, 7) is 5.98. The van der Waals surface area contributed by atoms with Gasteiger partial charge in [0.25, 0.3) is 0 Å². The number of carbonyl (C=O) groups is 2. The Bertz CT molecular complexity index is 755. The molecule has 2 heterocycles. The number of urea groups is 1. The molecule has 1 saturated carbocycles. The Labute approximate surface area is 169 Å². The van der Waals surface area contributed by atoms with Gasteiger partial charge in [-0.25, -0.2) is 9.59 Å². The number of thioether (sulfide) groups is 1. The lowest BCUT2D eigenvalue weighted by Crippen LogP contribution is -2.50. The van der Waals surface area contributed by atoms with Crippen molar-refractivity contribution in [3.05, 3.63) is 17.1 Å². The zero-order chi connectivity index (χ0) is 20.1. The molecule has 2 N–H and O–H groups in total. The summed E-state index contributed by atoms with van der Waals surface area (Å²) in [7, 11) is 0. The van der Waals surface area contributed by atoms with E-state index in [2.05, 4.69) is 25.4 Å². The molecule has 1 fully saturated rings. The second-order valence-electron chi connectivity index (χ2n) is 7.15. The molecule has 8 nitrogen and oxygen atoms in total. The fraction of sp³-hybridized carbons (Fsp3) is 0.684. The topological polar surface area (TPSA) is 98.1 Å². The van der Waals surface area contributed by atoms with Crippen LogP contribution in [-0.2, 0) is 9.53 Å². The third-order valence-electron chi connectivity index (χ3n) is 5.27.